The van der Waals surface area contributed by atoms with Crippen LogP contribution in [0, 0.1) is 0 Å². The first-order valence-corrected chi connectivity index (χ1v) is 7.10. The third-order valence-electron chi connectivity index (χ3n) is 3.21. The van der Waals surface area contributed by atoms with Crippen molar-refractivity contribution in [2.24, 2.45) is 0 Å². The van der Waals surface area contributed by atoms with Crippen molar-refractivity contribution in [3.05, 3.63) is 46.4 Å². The van der Waals surface area contributed by atoms with E-state index in [-0.39, 0.29) is 0 Å². The summed E-state index contributed by atoms with van der Waals surface area (Å²) in [7, 11) is 0. The van der Waals surface area contributed by atoms with Gasteiger partial charge in [0.1, 0.15) is 5.01 Å². The highest BCUT2D eigenvalue weighted by Crippen LogP contribution is 2.27. The molecule has 3 rings (SSSR count). The van der Waals surface area contributed by atoms with Crippen molar-refractivity contribution >= 4 is 17.0 Å². The molecule has 0 spiro atoms. The SMILES string of the molecule is c1cc(NCc2nccs2)cc(C2CCOC2)c1. The quantitative estimate of drug-likeness (QED) is 0.916. The van der Waals surface area contributed by atoms with Gasteiger partial charge in [-0.3, -0.25) is 0 Å². The lowest BCUT2D eigenvalue weighted by Crippen LogP contribution is -2.01. The van der Waals surface area contributed by atoms with Crippen LogP contribution < -0.4 is 5.32 Å². The third kappa shape index (κ3) is 2.71. The minimum atomic E-state index is 0.562. The van der Waals surface area contributed by atoms with E-state index >= 15 is 0 Å². The highest BCUT2D eigenvalue weighted by molar-refractivity contribution is 7.09. The lowest BCUT2D eigenvalue weighted by molar-refractivity contribution is 0.194. The van der Waals surface area contributed by atoms with Crippen LogP contribution in [0.3, 0.4) is 0 Å². The Morgan fingerprint density at radius 3 is 3.22 bits per heavy atom. The van der Waals surface area contributed by atoms with E-state index in [1.165, 1.54) is 5.56 Å². The highest BCUT2D eigenvalue weighted by Gasteiger charge is 2.17. The summed E-state index contributed by atoms with van der Waals surface area (Å²) in [6, 6.07) is 8.63. The lowest BCUT2D eigenvalue weighted by Gasteiger charge is -2.11. The molecule has 0 amide bonds. The Kier molecular flexibility index (Phi) is 3.57. The number of ether oxygens (including phenoxy) is 1. The van der Waals surface area contributed by atoms with E-state index in [2.05, 4.69) is 34.6 Å². The first kappa shape index (κ1) is 11.7. The molecular weight excluding hydrogens is 244 g/mol. The average Bonchev–Trinajstić information content (AvgIpc) is 3.10. The lowest BCUT2D eigenvalue weighted by atomic mass is 9.98. The van der Waals surface area contributed by atoms with Gasteiger partial charge in [-0.1, -0.05) is 12.1 Å². The Balaban J connectivity index is 1.66. The Bertz CT molecular complexity index is 492. The first-order valence-electron chi connectivity index (χ1n) is 6.22. The predicted molar refractivity (Wildman–Crippen MR) is 74.1 cm³/mol. The summed E-state index contributed by atoms with van der Waals surface area (Å²) in [4.78, 5) is 4.27. The number of benzene rings is 1. The van der Waals surface area contributed by atoms with Crippen molar-refractivity contribution in [2.75, 3.05) is 18.5 Å². The summed E-state index contributed by atoms with van der Waals surface area (Å²) in [5.74, 6) is 0.562. The zero-order chi connectivity index (χ0) is 12.2. The number of aromatic nitrogens is 1. The molecule has 1 aliphatic rings. The smallest absolute Gasteiger partial charge is 0.112 e. The van der Waals surface area contributed by atoms with E-state index in [1.807, 2.05) is 11.6 Å². The van der Waals surface area contributed by atoms with E-state index in [0.29, 0.717) is 5.92 Å². The summed E-state index contributed by atoms with van der Waals surface area (Å²) in [6.45, 7) is 2.54. The molecule has 0 bridgehead atoms. The third-order valence-corrected chi connectivity index (χ3v) is 3.99. The summed E-state index contributed by atoms with van der Waals surface area (Å²) in [6.07, 6.45) is 2.98. The van der Waals surface area contributed by atoms with Crippen LogP contribution in [0.15, 0.2) is 35.8 Å². The molecule has 18 heavy (non-hydrogen) atoms. The average molecular weight is 260 g/mol. The first-order chi connectivity index (χ1) is 8.92. The van der Waals surface area contributed by atoms with Crippen LogP contribution in [0.2, 0.25) is 0 Å². The van der Waals surface area contributed by atoms with Gasteiger partial charge in [-0.25, -0.2) is 4.98 Å². The fourth-order valence-corrected chi connectivity index (χ4v) is 2.77. The second-order valence-corrected chi connectivity index (χ2v) is 5.44. The van der Waals surface area contributed by atoms with E-state index in [1.54, 1.807) is 11.3 Å². The summed E-state index contributed by atoms with van der Waals surface area (Å²) in [5, 5.41) is 6.54. The number of hydrogen-bond acceptors (Lipinski definition) is 4. The number of nitrogens with one attached hydrogen (secondary N) is 1. The van der Waals surface area contributed by atoms with E-state index in [4.69, 9.17) is 4.74 Å². The standard InChI is InChI=1S/C14H16N2OS/c1-2-11(12-4-6-17-10-12)8-13(3-1)16-9-14-15-5-7-18-14/h1-3,5,7-8,12,16H,4,6,9-10H2. The fourth-order valence-electron chi connectivity index (χ4n) is 2.22. The van der Waals surface area contributed by atoms with Crippen LogP contribution in [0.4, 0.5) is 5.69 Å². The number of thiazole rings is 1. The monoisotopic (exact) mass is 260 g/mol. The molecule has 1 atom stereocenters. The summed E-state index contributed by atoms with van der Waals surface area (Å²) < 4.78 is 5.44. The van der Waals surface area contributed by atoms with Gasteiger partial charge in [0.2, 0.25) is 0 Å². The fraction of sp³-hybridized carbons (Fsp3) is 0.357. The Hall–Kier alpha value is -1.39. The van der Waals surface area contributed by atoms with Crippen molar-refractivity contribution in [2.45, 2.75) is 18.9 Å². The van der Waals surface area contributed by atoms with Crippen LogP contribution in [0.25, 0.3) is 0 Å². The molecule has 0 radical (unpaired) electrons. The van der Waals surface area contributed by atoms with Gasteiger partial charge >= 0.3 is 0 Å². The summed E-state index contributed by atoms with van der Waals surface area (Å²) >= 11 is 1.68. The predicted octanol–water partition coefficient (Wildman–Crippen LogP) is 3.26. The van der Waals surface area contributed by atoms with Crippen LogP contribution in [0.1, 0.15) is 22.9 Å². The van der Waals surface area contributed by atoms with Crippen LogP contribution in [-0.2, 0) is 11.3 Å². The molecule has 1 fully saturated rings. The zero-order valence-electron chi connectivity index (χ0n) is 10.1. The van der Waals surface area contributed by atoms with E-state index < -0.39 is 0 Å². The molecule has 2 aromatic rings. The summed E-state index contributed by atoms with van der Waals surface area (Å²) in [5.41, 5.74) is 2.53. The maximum absolute atomic E-state index is 5.44. The molecule has 4 heteroatoms. The van der Waals surface area contributed by atoms with Crippen LogP contribution >= 0.6 is 11.3 Å². The molecule has 1 unspecified atom stereocenters. The van der Waals surface area contributed by atoms with Crippen LogP contribution in [0.5, 0.6) is 0 Å². The van der Waals surface area contributed by atoms with Crippen molar-refractivity contribution < 1.29 is 4.74 Å². The molecule has 1 aliphatic heterocycles. The van der Waals surface area contributed by atoms with Gasteiger partial charge in [-0.2, -0.15) is 0 Å². The maximum atomic E-state index is 5.44. The minimum absolute atomic E-state index is 0.562. The van der Waals surface area contributed by atoms with Crippen molar-refractivity contribution in [1.29, 1.82) is 0 Å². The largest absolute Gasteiger partial charge is 0.381 e. The second-order valence-electron chi connectivity index (χ2n) is 4.47. The van der Waals surface area contributed by atoms with Crippen molar-refractivity contribution in [3.63, 3.8) is 0 Å². The highest BCUT2D eigenvalue weighted by atomic mass is 32.1. The number of nitrogens with zero attached hydrogens (tertiary/aromatic N) is 1. The van der Waals surface area contributed by atoms with Crippen LogP contribution in [-0.4, -0.2) is 18.2 Å². The molecule has 0 saturated carbocycles. The van der Waals surface area contributed by atoms with Gasteiger partial charge in [0, 0.05) is 29.8 Å². The Labute approximate surface area is 111 Å². The van der Waals surface area contributed by atoms with Gasteiger partial charge in [0.05, 0.1) is 13.2 Å². The molecule has 3 nitrogen and oxygen atoms in total. The minimum Gasteiger partial charge on any atom is -0.381 e. The van der Waals surface area contributed by atoms with E-state index in [9.17, 15) is 0 Å². The number of anilines is 1. The molecule has 94 valence electrons. The van der Waals surface area contributed by atoms with Gasteiger partial charge in [-0.05, 0) is 24.1 Å². The van der Waals surface area contributed by atoms with Gasteiger partial charge in [-0.15, -0.1) is 11.3 Å². The zero-order valence-corrected chi connectivity index (χ0v) is 11.0. The maximum Gasteiger partial charge on any atom is 0.112 e. The Morgan fingerprint density at radius 2 is 2.44 bits per heavy atom. The second kappa shape index (κ2) is 5.50. The molecule has 0 aliphatic carbocycles. The number of hydrogen-bond donors (Lipinski definition) is 1. The molecule has 1 N–H and O–H groups in total. The number of rotatable bonds is 4. The van der Waals surface area contributed by atoms with Gasteiger partial charge in [0.15, 0.2) is 0 Å². The van der Waals surface area contributed by atoms with E-state index in [0.717, 1.165) is 36.9 Å². The van der Waals surface area contributed by atoms with Crippen molar-refractivity contribution in [3.8, 4) is 0 Å². The molecule has 1 saturated heterocycles. The molecule has 2 heterocycles. The van der Waals surface area contributed by atoms with Gasteiger partial charge in [0.25, 0.3) is 0 Å². The normalized spacial score (nSPS) is 19.0. The topological polar surface area (TPSA) is 34.2 Å². The molecule has 1 aromatic carbocycles. The van der Waals surface area contributed by atoms with Crippen molar-refractivity contribution in [1.82, 2.24) is 4.98 Å². The molecule has 1 aromatic heterocycles. The van der Waals surface area contributed by atoms with Gasteiger partial charge < -0.3 is 10.1 Å². The molecular formula is C14H16N2OS. The Morgan fingerprint density at radius 1 is 1.44 bits per heavy atom.